The fraction of sp³-hybridized carbons (Fsp3) is 0.400. The highest BCUT2D eigenvalue weighted by Gasteiger charge is 2.21. The van der Waals surface area contributed by atoms with Crippen LogP contribution in [0.1, 0.15) is 24.5 Å². The molecule has 0 aromatic heterocycles. The predicted octanol–water partition coefficient (Wildman–Crippen LogP) is 2.17. The zero-order valence-corrected chi connectivity index (χ0v) is 7.46. The number of aliphatic hydroxyl groups is 1. The molecule has 1 aliphatic rings. The van der Waals surface area contributed by atoms with Crippen molar-refractivity contribution in [2.45, 2.75) is 18.9 Å². The average Bonchev–Trinajstić information content (AvgIpc) is 2.29. The van der Waals surface area contributed by atoms with E-state index in [1.807, 2.05) is 0 Å². The van der Waals surface area contributed by atoms with Crippen molar-refractivity contribution in [3.8, 4) is 5.75 Å². The van der Waals surface area contributed by atoms with Gasteiger partial charge < -0.3 is 9.84 Å². The maximum atomic E-state index is 13.2. The van der Waals surface area contributed by atoms with Gasteiger partial charge >= 0.3 is 0 Å². The van der Waals surface area contributed by atoms with Crippen LogP contribution in [0.15, 0.2) is 12.1 Å². The molecular weight excluding hydrogens is 190 g/mol. The molecule has 76 valence electrons. The lowest BCUT2D eigenvalue weighted by molar-refractivity contribution is 0.167. The van der Waals surface area contributed by atoms with Crippen molar-refractivity contribution < 1.29 is 18.6 Å². The molecule has 0 bridgehead atoms. The number of hydrogen-bond donors (Lipinski definition) is 1. The van der Waals surface area contributed by atoms with Gasteiger partial charge in [-0.1, -0.05) is 0 Å². The predicted molar refractivity (Wildman–Crippen MR) is 46.0 cm³/mol. The summed E-state index contributed by atoms with van der Waals surface area (Å²) >= 11 is 0. The lowest BCUT2D eigenvalue weighted by atomic mass is 10.0. The number of fused-ring (bicyclic) bond motifs is 1. The molecule has 0 aliphatic carbocycles. The van der Waals surface area contributed by atoms with Crippen LogP contribution in [0.25, 0.3) is 0 Å². The third-order valence-corrected chi connectivity index (χ3v) is 2.26. The number of benzene rings is 1. The van der Waals surface area contributed by atoms with E-state index in [9.17, 15) is 13.9 Å². The van der Waals surface area contributed by atoms with Gasteiger partial charge in [0, 0.05) is 11.6 Å². The smallest absolute Gasteiger partial charge is 0.168 e. The fourth-order valence-corrected chi connectivity index (χ4v) is 1.59. The second kappa shape index (κ2) is 3.53. The Morgan fingerprint density at radius 1 is 1.36 bits per heavy atom. The normalized spacial score (nSPS) is 20.9. The minimum Gasteiger partial charge on any atom is -0.490 e. The minimum atomic E-state index is -0.835. The molecule has 4 heteroatoms. The van der Waals surface area contributed by atoms with Gasteiger partial charge in [-0.05, 0) is 18.9 Å². The number of rotatable bonds is 0. The van der Waals surface area contributed by atoms with Crippen LogP contribution < -0.4 is 4.74 Å². The van der Waals surface area contributed by atoms with Gasteiger partial charge in [0.1, 0.15) is 5.82 Å². The summed E-state index contributed by atoms with van der Waals surface area (Å²) < 4.78 is 31.2. The van der Waals surface area contributed by atoms with E-state index in [0.29, 0.717) is 19.4 Å². The Bertz CT molecular complexity index is 352. The van der Waals surface area contributed by atoms with Gasteiger partial charge in [-0.15, -0.1) is 0 Å². The van der Waals surface area contributed by atoms with E-state index < -0.39 is 17.7 Å². The zero-order valence-electron chi connectivity index (χ0n) is 7.46. The number of halogens is 2. The summed E-state index contributed by atoms with van der Waals surface area (Å²) in [6, 6.07) is 1.88. The van der Waals surface area contributed by atoms with Gasteiger partial charge in [-0.2, -0.15) is 0 Å². The minimum absolute atomic E-state index is 0.0172. The van der Waals surface area contributed by atoms with Crippen molar-refractivity contribution in [1.29, 1.82) is 0 Å². The van der Waals surface area contributed by atoms with Gasteiger partial charge in [0.15, 0.2) is 11.6 Å². The van der Waals surface area contributed by atoms with Crippen molar-refractivity contribution in [3.63, 3.8) is 0 Å². The van der Waals surface area contributed by atoms with Crippen molar-refractivity contribution in [3.05, 3.63) is 29.3 Å². The van der Waals surface area contributed by atoms with Crippen LogP contribution in [0, 0.1) is 11.6 Å². The van der Waals surface area contributed by atoms with Gasteiger partial charge in [-0.25, -0.2) is 8.78 Å². The summed E-state index contributed by atoms with van der Waals surface area (Å²) in [4.78, 5) is 0. The topological polar surface area (TPSA) is 29.5 Å². The Morgan fingerprint density at radius 2 is 2.14 bits per heavy atom. The Kier molecular flexibility index (Phi) is 2.37. The summed E-state index contributed by atoms with van der Waals surface area (Å²) in [5.74, 6) is -1.46. The highest BCUT2D eigenvalue weighted by atomic mass is 19.1. The first kappa shape index (κ1) is 9.40. The molecule has 0 saturated heterocycles. The molecule has 0 fully saturated rings. The first-order chi connectivity index (χ1) is 6.68. The Balaban J connectivity index is 2.53. The second-order valence-electron chi connectivity index (χ2n) is 3.31. The molecule has 0 saturated carbocycles. The quantitative estimate of drug-likeness (QED) is 0.695. The maximum absolute atomic E-state index is 13.2. The van der Waals surface area contributed by atoms with E-state index in [-0.39, 0.29) is 11.3 Å². The number of hydrogen-bond acceptors (Lipinski definition) is 2. The van der Waals surface area contributed by atoms with Crippen molar-refractivity contribution >= 4 is 0 Å². The molecule has 0 unspecified atom stereocenters. The molecule has 1 aromatic carbocycles. The Labute approximate surface area is 80.1 Å². The first-order valence-corrected chi connectivity index (χ1v) is 4.48. The van der Waals surface area contributed by atoms with Crippen molar-refractivity contribution in [1.82, 2.24) is 0 Å². The van der Waals surface area contributed by atoms with E-state index in [1.165, 1.54) is 0 Å². The second-order valence-corrected chi connectivity index (χ2v) is 3.31. The molecule has 1 heterocycles. The lowest BCUT2D eigenvalue weighted by Gasteiger charge is -2.11. The van der Waals surface area contributed by atoms with Crippen LogP contribution >= 0.6 is 0 Å². The Hall–Kier alpha value is -1.16. The van der Waals surface area contributed by atoms with E-state index in [0.717, 1.165) is 12.1 Å². The van der Waals surface area contributed by atoms with Crippen molar-refractivity contribution in [2.24, 2.45) is 0 Å². The number of aliphatic hydroxyl groups excluding tert-OH is 1. The van der Waals surface area contributed by atoms with Gasteiger partial charge in [0.05, 0.1) is 12.7 Å². The Morgan fingerprint density at radius 3 is 2.93 bits per heavy atom. The molecule has 1 N–H and O–H groups in total. The third-order valence-electron chi connectivity index (χ3n) is 2.26. The summed E-state index contributed by atoms with van der Waals surface area (Å²) in [7, 11) is 0. The fourth-order valence-electron chi connectivity index (χ4n) is 1.59. The monoisotopic (exact) mass is 200 g/mol. The van der Waals surface area contributed by atoms with Crippen LogP contribution in [-0.4, -0.2) is 11.7 Å². The van der Waals surface area contributed by atoms with Gasteiger partial charge in [-0.3, -0.25) is 0 Å². The van der Waals surface area contributed by atoms with E-state index in [1.54, 1.807) is 0 Å². The lowest BCUT2D eigenvalue weighted by Crippen LogP contribution is -2.00. The highest BCUT2D eigenvalue weighted by Crippen LogP contribution is 2.34. The molecule has 2 rings (SSSR count). The molecule has 0 spiro atoms. The molecule has 1 atom stereocenters. The molecule has 0 radical (unpaired) electrons. The number of ether oxygens (including phenoxy) is 1. The van der Waals surface area contributed by atoms with E-state index in [2.05, 4.69) is 0 Å². The summed E-state index contributed by atoms with van der Waals surface area (Å²) in [5.41, 5.74) is 0.208. The zero-order chi connectivity index (χ0) is 10.1. The standard InChI is InChI=1S/C10H10F2O2/c11-6-4-7-9(13)2-1-3-14-10(7)8(12)5-6/h4-5,9,13H,1-3H2/t9-/m1/s1. The van der Waals surface area contributed by atoms with E-state index >= 15 is 0 Å². The van der Waals surface area contributed by atoms with Crippen LogP contribution in [-0.2, 0) is 0 Å². The van der Waals surface area contributed by atoms with Crippen LogP contribution in [0.5, 0.6) is 5.75 Å². The van der Waals surface area contributed by atoms with Gasteiger partial charge in [0.25, 0.3) is 0 Å². The molecule has 1 aromatic rings. The molecular formula is C10H10F2O2. The molecule has 2 nitrogen and oxygen atoms in total. The molecule has 14 heavy (non-hydrogen) atoms. The average molecular weight is 200 g/mol. The van der Waals surface area contributed by atoms with Crippen molar-refractivity contribution in [2.75, 3.05) is 6.61 Å². The van der Waals surface area contributed by atoms with Crippen LogP contribution in [0.2, 0.25) is 0 Å². The van der Waals surface area contributed by atoms with E-state index in [4.69, 9.17) is 4.74 Å². The SMILES string of the molecule is O[C@@H]1CCCOc2c(F)cc(F)cc21. The first-order valence-electron chi connectivity index (χ1n) is 4.48. The summed E-state index contributed by atoms with van der Waals surface area (Å²) in [6.45, 7) is 0.354. The maximum Gasteiger partial charge on any atom is 0.168 e. The molecule has 0 amide bonds. The summed E-state index contributed by atoms with van der Waals surface area (Å²) in [5, 5.41) is 9.58. The van der Waals surface area contributed by atoms with Gasteiger partial charge in [0.2, 0.25) is 0 Å². The molecule has 1 aliphatic heterocycles. The summed E-state index contributed by atoms with van der Waals surface area (Å²) in [6.07, 6.45) is 0.269. The van der Waals surface area contributed by atoms with Crippen LogP contribution in [0.4, 0.5) is 8.78 Å². The van der Waals surface area contributed by atoms with Crippen LogP contribution in [0.3, 0.4) is 0 Å². The largest absolute Gasteiger partial charge is 0.490 e. The third kappa shape index (κ3) is 1.57. The highest BCUT2D eigenvalue weighted by molar-refractivity contribution is 5.37.